The monoisotopic (exact) mass is 597 g/mol. The Hall–Kier alpha value is -4.49. The molecule has 3 heterocycles. The Morgan fingerprint density at radius 1 is 1.15 bits per heavy atom. The topological polar surface area (TPSA) is 146 Å². The Labute approximate surface area is 243 Å². The molecule has 2 aromatic carbocycles. The number of aryl methyl sites for hydroxylation is 1. The second-order valence-corrected chi connectivity index (χ2v) is 10.5. The Morgan fingerprint density at radius 3 is 2.56 bits per heavy atom. The number of thiazole rings is 1. The number of carbonyl (C=O) groups excluding carboxylic acids is 3. The van der Waals surface area contributed by atoms with Crippen molar-refractivity contribution in [2.24, 2.45) is 0 Å². The first kappa shape index (κ1) is 28.1. The molecule has 1 aliphatic rings. The van der Waals surface area contributed by atoms with E-state index in [4.69, 9.17) is 30.2 Å². The minimum Gasteiger partial charge on any atom is -0.480 e. The van der Waals surface area contributed by atoms with Gasteiger partial charge in [-0.1, -0.05) is 22.9 Å². The van der Waals surface area contributed by atoms with Crippen LogP contribution in [0.4, 0.5) is 5.13 Å². The van der Waals surface area contributed by atoms with Crippen LogP contribution in [-0.2, 0) is 9.53 Å². The first-order chi connectivity index (χ1) is 19.7. The molecule has 2 aromatic heterocycles. The van der Waals surface area contributed by atoms with Crippen LogP contribution in [0.15, 0.2) is 46.9 Å². The molecule has 0 aliphatic carbocycles. The summed E-state index contributed by atoms with van der Waals surface area (Å²) in [5, 5.41) is 10.6. The maximum Gasteiger partial charge on any atom is 0.359 e. The van der Waals surface area contributed by atoms with Crippen LogP contribution in [0.3, 0.4) is 0 Å². The lowest BCUT2D eigenvalue weighted by molar-refractivity contribution is -0.132. The standard InChI is InChI=1S/C27H24ClN5O7S/c1-4-37-26(36)21-22(28)41-27(29-21)30-23(34)16-11-18(13-19(12-16)40-20-9-10-33(3)25(20)35)39-17-7-5-15(6-8-17)24-32-31-14(2)38-24/h5-8,11-13,20H,4,9-10H2,1-3H3,(H,29,30,34)/t20-/m0/s1. The third-order valence-corrected chi connectivity index (χ3v) is 7.11. The zero-order valence-electron chi connectivity index (χ0n) is 22.2. The number of likely N-dealkylation sites (N-methyl/N-ethyl adjacent to an activating group) is 1. The number of carbonyl (C=O) groups is 3. The molecule has 0 unspecified atom stereocenters. The van der Waals surface area contributed by atoms with Crippen LogP contribution in [0.1, 0.15) is 40.1 Å². The number of nitrogens with zero attached hydrogens (tertiary/aromatic N) is 4. The summed E-state index contributed by atoms with van der Waals surface area (Å²) in [7, 11) is 1.70. The molecular formula is C27H24ClN5O7S. The van der Waals surface area contributed by atoms with Crippen molar-refractivity contribution in [2.45, 2.75) is 26.4 Å². The van der Waals surface area contributed by atoms with E-state index < -0.39 is 18.0 Å². The molecule has 212 valence electrons. The second kappa shape index (κ2) is 11.9. The number of halogens is 1. The number of likely N-dealkylation sites (tertiary alicyclic amines) is 1. The minimum atomic E-state index is -0.688. The van der Waals surface area contributed by atoms with Gasteiger partial charge in [-0.15, -0.1) is 10.2 Å². The zero-order valence-corrected chi connectivity index (χ0v) is 23.7. The van der Waals surface area contributed by atoms with Gasteiger partial charge < -0.3 is 23.5 Å². The molecule has 1 saturated heterocycles. The van der Waals surface area contributed by atoms with Crippen molar-refractivity contribution < 1.29 is 33.0 Å². The fourth-order valence-corrected chi connectivity index (χ4v) is 4.97. The molecule has 0 spiro atoms. The molecule has 4 aromatic rings. The van der Waals surface area contributed by atoms with E-state index in [2.05, 4.69) is 20.5 Å². The van der Waals surface area contributed by atoms with Crippen molar-refractivity contribution in [3.05, 3.63) is 63.9 Å². The van der Waals surface area contributed by atoms with Crippen molar-refractivity contribution in [3.63, 3.8) is 0 Å². The minimum absolute atomic E-state index is 0.0853. The van der Waals surface area contributed by atoms with Crippen LogP contribution in [0.5, 0.6) is 17.2 Å². The maximum atomic E-state index is 13.2. The van der Waals surface area contributed by atoms with Crippen LogP contribution in [0.25, 0.3) is 11.5 Å². The van der Waals surface area contributed by atoms with Crippen molar-refractivity contribution in [2.75, 3.05) is 25.5 Å². The molecule has 14 heteroatoms. The first-order valence-corrected chi connectivity index (χ1v) is 13.7. The fourth-order valence-electron chi connectivity index (χ4n) is 3.96. The SMILES string of the molecule is CCOC(=O)c1nc(NC(=O)c2cc(Oc3ccc(-c4nnc(C)o4)cc3)cc(O[C@H]3CCN(C)C3=O)c2)sc1Cl. The van der Waals surface area contributed by atoms with Crippen LogP contribution in [-0.4, -0.2) is 64.2 Å². The summed E-state index contributed by atoms with van der Waals surface area (Å²) in [6.07, 6.45) is -0.180. The lowest BCUT2D eigenvalue weighted by atomic mass is 10.1. The van der Waals surface area contributed by atoms with Gasteiger partial charge in [-0.3, -0.25) is 14.9 Å². The van der Waals surface area contributed by atoms with E-state index in [-0.39, 0.29) is 44.7 Å². The number of anilines is 1. The molecule has 1 N–H and O–H groups in total. The average molecular weight is 598 g/mol. The molecule has 12 nitrogen and oxygen atoms in total. The summed E-state index contributed by atoms with van der Waals surface area (Å²) < 4.78 is 22.5. The molecule has 0 saturated carbocycles. The zero-order chi connectivity index (χ0) is 29.1. The molecule has 0 radical (unpaired) electrons. The van der Waals surface area contributed by atoms with E-state index in [0.717, 1.165) is 11.3 Å². The van der Waals surface area contributed by atoms with Gasteiger partial charge in [0.05, 0.1) is 6.61 Å². The summed E-state index contributed by atoms with van der Waals surface area (Å²) in [5.41, 5.74) is 0.791. The van der Waals surface area contributed by atoms with Crippen LogP contribution in [0.2, 0.25) is 4.34 Å². The highest BCUT2D eigenvalue weighted by Gasteiger charge is 2.31. The molecule has 1 aliphatic heterocycles. The highest BCUT2D eigenvalue weighted by molar-refractivity contribution is 7.20. The van der Waals surface area contributed by atoms with Crippen LogP contribution >= 0.6 is 22.9 Å². The van der Waals surface area contributed by atoms with Gasteiger partial charge in [0, 0.05) is 44.1 Å². The third-order valence-electron chi connectivity index (χ3n) is 5.94. The summed E-state index contributed by atoms with van der Waals surface area (Å²) in [4.78, 5) is 43.4. The molecule has 1 fully saturated rings. The Balaban J connectivity index is 1.39. The highest BCUT2D eigenvalue weighted by atomic mass is 35.5. The number of hydrogen-bond acceptors (Lipinski definition) is 11. The van der Waals surface area contributed by atoms with Gasteiger partial charge in [-0.2, -0.15) is 0 Å². The lowest BCUT2D eigenvalue weighted by Crippen LogP contribution is -2.29. The molecule has 5 rings (SSSR count). The van der Waals surface area contributed by atoms with Crippen molar-refractivity contribution in [3.8, 4) is 28.7 Å². The lowest BCUT2D eigenvalue weighted by Gasteiger charge is -2.15. The van der Waals surface area contributed by atoms with Gasteiger partial charge in [-0.25, -0.2) is 9.78 Å². The number of amides is 2. The predicted molar refractivity (Wildman–Crippen MR) is 149 cm³/mol. The Morgan fingerprint density at radius 2 is 1.90 bits per heavy atom. The quantitative estimate of drug-likeness (QED) is 0.262. The summed E-state index contributed by atoms with van der Waals surface area (Å²) >= 11 is 7.05. The third kappa shape index (κ3) is 6.47. The average Bonchev–Trinajstić information content (AvgIpc) is 3.64. The molecule has 41 heavy (non-hydrogen) atoms. The Bertz CT molecular complexity index is 1600. The molecule has 1 atom stereocenters. The fraction of sp³-hybridized carbons (Fsp3) is 0.259. The van der Waals surface area contributed by atoms with E-state index in [1.54, 1.807) is 56.1 Å². The Kier molecular flexibility index (Phi) is 8.17. The van der Waals surface area contributed by atoms with Gasteiger partial charge in [-0.05, 0) is 43.3 Å². The first-order valence-electron chi connectivity index (χ1n) is 12.5. The normalized spacial score (nSPS) is 14.7. The molecular weight excluding hydrogens is 574 g/mol. The summed E-state index contributed by atoms with van der Waals surface area (Å²) in [5.74, 6) is 0.454. The largest absolute Gasteiger partial charge is 0.480 e. The number of ether oxygens (including phenoxy) is 3. The van der Waals surface area contributed by atoms with E-state index in [9.17, 15) is 14.4 Å². The predicted octanol–water partition coefficient (Wildman–Crippen LogP) is 4.99. The van der Waals surface area contributed by atoms with E-state index >= 15 is 0 Å². The number of rotatable bonds is 9. The van der Waals surface area contributed by atoms with Gasteiger partial charge in [0.15, 0.2) is 16.9 Å². The molecule has 0 bridgehead atoms. The molecule has 2 amide bonds. The van der Waals surface area contributed by atoms with Gasteiger partial charge in [0.25, 0.3) is 11.8 Å². The van der Waals surface area contributed by atoms with Crippen LogP contribution < -0.4 is 14.8 Å². The number of nitrogens with one attached hydrogen (secondary N) is 1. The van der Waals surface area contributed by atoms with E-state index in [1.165, 1.54) is 12.1 Å². The number of aromatic nitrogens is 3. The second-order valence-electron chi connectivity index (χ2n) is 8.92. The summed E-state index contributed by atoms with van der Waals surface area (Å²) in [6.45, 7) is 4.08. The number of esters is 1. The van der Waals surface area contributed by atoms with Crippen LogP contribution in [0, 0.1) is 6.92 Å². The number of benzene rings is 2. The van der Waals surface area contributed by atoms with Gasteiger partial charge >= 0.3 is 5.97 Å². The number of hydrogen-bond donors (Lipinski definition) is 1. The smallest absolute Gasteiger partial charge is 0.359 e. The van der Waals surface area contributed by atoms with Gasteiger partial charge in [0.1, 0.15) is 21.6 Å². The van der Waals surface area contributed by atoms with Crippen molar-refractivity contribution in [1.29, 1.82) is 0 Å². The maximum absolute atomic E-state index is 13.2. The van der Waals surface area contributed by atoms with Gasteiger partial charge in [0.2, 0.25) is 11.8 Å². The van der Waals surface area contributed by atoms with Crippen molar-refractivity contribution >= 4 is 45.9 Å². The van der Waals surface area contributed by atoms with E-state index in [0.29, 0.717) is 36.1 Å². The van der Waals surface area contributed by atoms with E-state index in [1.807, 2.05) is 0 Å². The summed E-state index contributed by atoms with van der Waals surface area (Å²) in [6, 6.07) is 11.6. The highest BCUT2D eigenvalue weighted by Crippen LogP contribution is 2.32. The van der Waals surface area contributed by atoms with Crippen molar-refractivity contribution in [1.82, 2.24) is 20.1 Å².